The van der Waals surface area contributed by atoms with Crippen molar-refractivity contribution in [3.8, 4) is 5.75 Å². The zero-order valence-corrected chi connectivity index (χ0v) is 18.4. The summed E-state index contributed by atoms with van der Waals surface area (Å²) in [6.07, 6.45) is -4.47. The van der Waals surface area contributed by atoms with Gasteiger partial charge in [-0.1, -0.05) is 31.2 Å². The molecule has 0 fully saturated rings. The van der Waals surface area contributed by atoms with Crippen molar-refractivity contribution in [2.24, 2.45) is 0 Å². The Morgan fingerprint density at radius 3 is 2.58 bits per heavy atom. The Hall–Kier alpha value is -2.68. The lowest BCUT2D eigenvalue weighted by Gasteiger charge is -2.22. The number of hydrogen-bond acceptors (Lipinski definition) is 5. The maximum atomic E-state index is 13.4. The first-order valence-corrected chi connectivity index (χ1v) is 10.9. The Bertz CT molecular complexity index is 1120. The lowest BCUT2D eigenvalue weighted by Crippen LogP contribution is -2.29. The third-order valence-electron chi connectivity index (χ3n) is 4.88. The predicted octanol–water partition coefficient (Wildman–Crippen LogP) is 4.81. The van der Waals surface area contributed by atoms with Crippen LogP contribution in [0.25, 0.3) is 10.9 Å². The molecule has 5 nitrogen and oxygen atoms in total. The molecule has 1 aromatic heterocycles. The fourth-order valence-electron chi connectivity index (χ4n) is 3.44. The van der Waals surface area contributed by atoms with Crippen molar-refractivity contribution >= 4 is 28.5 Å². The molecule has 0 bridgehead atoms. The predicted molar refractivity (Wildman–Crippen MR) is 119 cm³/mol. The van der Waals surface area contributed by atoms with E-state index in [-0.39, 0.29) is 23.4 Å². The number of hydrogen-bond donors (Lipinski definition) is 0. The number of thioether (sulfide) groups is 1. The Kier molecular flexibility index (Phi) is 7.15. The highest BCUT2D eigenvalue weighted by molar-refractivity contribution is 7.99. The second kappa shape index (κ2) is 9.64. The molecule has 0 saturated carbocycles. The van der Waals surface area contributed by atoms with E-state index in [9.17, 15) is 18.0 Å². The first kappa shape index (κ1) is 23.0. The monoisotopic (exact) mass is 451 g/mol. The lowest BCUT2D eigenvalue weighted by atomic mass is 10.1. The van der Waals surface area contributed by atoms with Crippen molar-refractivity contribution in [2.45, 2.75) is 26.2 Å². The Labute approximate surface area is 182 Å². The van der Waals surface area contributed by atoms with Crippen LogP contribution < -0.4 is 15.1 Å². The zero-order valence-electron chi connectivity index (χ0n) is 17.6. The second-order valence-electron chi connectivity index (χ2n) is 6.94. The summed E-state index contributed by atoms with van der Waals surface area (Å²) in [5.41, 5.74) is -0.402. The molecular weight excluding hydrogens is 427 g/mol. The molecule has 0 amide bonds. The molecule has 0 saturated heterocycles. The molecule has 1 heterocycles. The van der Waals surface area contributed by atoms with Crippen LogP contribution in [-0.4, -0.2) is 35.4 Å². The van der Waals surface area contributed by atoms with E-state index in [4.69, 9.17) is 4.74 Å². The number of aromatic nitrogens is 2. The molecule has 2 aromatic carbocycles. The minimum Gasteiger partial charge on any atom is -0.494 e. The summed E-state index contributed by atoms with van der Waals surface area (Å²) < 4.78 is 47.3. The fourth-order valence-corrected chi connectivity index (χ4v) is 4.03. The molecular formula is C22H24F3N3O2S. The second-order valence-corrected chi connectivity index (χ2v) is 8.33. The molecule has 9 heteroatoms. The van der Waals surface area contributed by atoms with Gasteiger partial charge in [0.15, 0.2) is 5.82 Å². The van der Waals surface area contributed by atoms with Crippen LogP contribution in [-0.2, 0) is 19.3 Å². The van der Waals surface area contributed by atoms with Crippen molar-refractivity contribution in [1.82, 2.24) is 9.78 Å². The number of ether oxygens (including phenoxy) is 1. The summed E-state index contributed by atoms with van der Waals surface area (Å²) in [6, 6.07) is 10.5. The third-order valence-corrected chi connectivity index (χ3v) is 5.76. The smallest absolute Gasteiger partial charge is 0.416 e. The van der Waals surface area contributed by atoms with Gasteiger partial charge in [0.05, 0.1) is 24.6 Å². The Morgan fingerprint density at radius 2 is 1.90 bits per heavy atom. The highest BCUT2D eigenvalue weighted by Crippen LogP contribution is 2.32. The van der Waals surface area contributed by atoms with Gasteiger partial charge < -0.3 is 9.64 Å². The molecule has 0 spiro atoms. The summed E-state index contributed by atoms with van der Waals surface area (Å²) in [5.74, 6) is 2.34. The third kappa shape index (κ3) is 4.98. The Morgan fingerprint density at radius 1 is 1.16 bits per heavy atom. The van der Waals surface area contributed by atoms with Crippen molar-refractivity contribution in [3.05, 3.63) is 63.8 Å². The normalized spacial score (nSPS) is 11.7. The SMILES string of the molecule is CCSCCn1nc(N(C)Cc2ccccc2C(F)(F)F)c(=O)c2cccc(OC)c21. The molecule has 31 heavy (non-hydrogen) atoms. The van der Waals surface area contributed by atoms with Gasteiger partial charge >= 0.3 is 6.18 Å². The summed E-state index contributed by atoms with van der Waals surface area (Å²) in [4.78, 5) is 14.7. The maximum absolute atomic E-state index is 13.4. The van der Waals surface area contributed by atoms with E-state index >= 15 is 0 Å². The highest BCUT2D eigenvalue weighted by Gasteiger charge is 2.33. The average molecular weight is 452 g/mol. The van der Waals surface area contributed by atoms with E-state index in [0.29, 0.717) is 23.2 Å². The number of methoxy groups -OCH3 is 1. The van der Waals surface area contributed by atoms with Crippen LogP contribution in [0.15, 0.2) is 47.3 Å². The van der Waals surface area contributed by atoms with Crippen LogP contribution in [0.3, 0.4) is 0 Å². The summed E-state index contributed by atoms with van der Waals surface area (Å²) in [7, 11) is 3.10. The molecule has 3 aromatic rings. The van der Waals surface area contributed by atoms with Crippen LogP contribution in [0.4, 0.5) is 19.0 Å². The molecule has 166 valence electrons. The Balaban J connectivity index is 2.08. The number of anilines is 1. The van der Waals surface area contributed by atoms with Crippen LogP contribution in [0, 0.1) is 0 Å². The summed E-state index contributed by atoms with van der Waals surface area (Å²) in [6.45, 7) is 2.49. The number of alkyl halides is 3. The van der Waals surface area contributed by atoms with Gasteiger partial charge in [0, 0.05) is 19.3 Å². The van der Waals surface area contributed by atoms with E-state index in [2.05, 4.69) is 12.0 Å². The van der Waals surface area contributed by atoms with Gasteiger partial charge in [-0.2, -0.15) is 30.0 Å². The molecule has 3 rings (SSSR count). The quantitative estimate of drug-likeness (QED) is 0.460. The van der Waals surface area contributed by atoms with Gasteiger partial charge in [0.1, 0.15) is 11.3 Å². The van der Waals surface area contributed by atoms with E-state index < -0.39 is 11.7 Å². The zero-order chi connectivity index (χ0) is 22.6. The van der Waals surface area contributed by atoms with E-state index in [1.54, 1.807) is 47.8 Å². The van der Waals surface area contributed by atoms with Gasteiger partial charge in [0.25, 0.3) is 0 Å². The summed E-state index contributed by atoms with van der Waals surface area (Å²) in [5, 5.41) is 4.94. The number of para-hydroxylation sites is 1. The highest BCUT2D eigenvalue weighted by atomic mass is 32.2. The largest absolute Gasteiger partial charge is 0.494 e. The lowest BCUT2D eigenvalue weighted by molar-refractivity contribution is -0.138. The first-order chi connectivity index (χ1) is 14.8. The van der Waals surface area contributed by atoms with Crippen molar-refractivity contribution in [2.75, 3.05) is 30.6 Å². The van der Waals surface area contributed by atoms with Gasteiger partial charge in [-0.3, -0.25) is 9.48 Å². The number of rotatable bonds is 8. The van der Waals surface area contributed by atoms with Gasteiger partial charge in [-0.05, 0) is 29.5 Å². The molecule has 0 N–H and O–H groups in total. The molecule has 0 radical (unpaired) electrons. The number of benzene rings is 2. The van der Waals surface area contributed by atoms with E-state index in [1.165, 1.54) is 24.1 Å². The van der Waals surface area contributed by atoms with Crippen LogP contribution in [0.5, 0.6) is 5.75 Å². The average Bonchev–Trinajstić information content (AvgIpc) is 2.74. The summed E-state index contributed by atoms with van der Waals surface area (Å²) >= 11 is 1.73. The van der Waals surface area contributed by atoms with Crippen LogP contribution in [0.2, 0.25) is 0 Å². The van der Waals surface area contributed by atoms with Crippen LogP contribution >= 0.6 is 11.8 Å². The molecule has 0 aliphatic heterocycles. The molecule has 0 atom stereocenters. The van der Waals surface area contributed by atoms with Gasteiger partial charge in [0.2, 0.25) is 5.43 Å². The maximum Gasteiger partial charge on any atom is 0.416 e. The van der Waals surface area contributed by atoms with E-state index in [1.807, 2.05) is 0 Å². The number of fused-ring (bicyclic) bond motifs is 1. The van der Waals surface area contributed by atoms with Gasteiger partial charge in [-0.25, -0.2) is 0 Å². The van der Waals surface area contributed by atoms with Gasteiger partial charge in [-0.15, -0.1) is 0 Å². The standard InChI is InChI=1S/C22H24F3N3O2S/c1-4-31-13-12-28-19-16(9-7-11-18(19)30-3)20(29)21(26-28)27(2)14-15-8-5-6-10-17(15)22(23,24)25/h5-11H,4,12-14H2,1-3H3. The minimum absolute atomic E-state index is 0.0810. The fraction of sp³-hybridized carbons (Fsp3) is 0.364. The van der Waals surface area contributed by atoms with Crippen LogP contribution in [0.1, 0.15) is 18.1 Å². The molecule has 0 aliphatic rings. The topological polar surface area (TPSA) is 47.4 Å². The molecule has 0 unspecified atom stereocenters. The van der Waals surface area contributed by atoms with Crippen molar-refractivity contribution < 1.29 is 17.9 Å². The minimum atomic E-state index is -4.47. The van der Waals surface area contributed by atoms with Crippen molar-refractivity contribution in [1.29, 1.82) is 0 Å². The number of nitrogens with zero attached hydrogens (tertiary/aromatic N) is 3. The van der Waals surface area contributed by atoms with Crippen molar-refractivity contribution in [3.63, 3.8) is 0 Å². The number of aryl methyl sites for hydroxylation is 1. The van der Waals surface area contributed by atoms with E-state index in [0.717, 1.165) is 17.6 Å². The molecule has 0 aliphatic carbocycles. The number of halogens is 3. The first-order valence-electron chi connectivity index (χ1n) is 9.79.